The van der Waals surface area contributed by atoms with E-state index < -0.39 is 0 Å². The third-order valence-corrected chi connectivity index (χ3v) is 2.03. The molecule has 3 heteroatoms. The van der Waals surface area contributed by atoms with Gasteiger partial charge in [0.25, 0.3) is 0 Å². The van der Waals surface area contributed by atoms with Crippen LogP contribution in [0.1, 0.15) is 19.4 Å². The van der Waals surface area contributed by atoms with Crippen LogP contribution < -0.4 is 0 Å². The summed E-state index contributed by atoms with van der Waals surface area (Å²) in [5, 5.41) is 3.92. The van der Waals surface area contributed by atoms with E-state index in [9.17, 15) is 4.79 Å². The van der Waals surface area contributed by atoms with Crippen LogP contribution in [-0.4, -0.2) is 12.1 Å². The van der Waals surface area contributed by atoms with Crippen LogP contribution in [0.15, 0.2) is 16.8 Å². The number of thiophene rings is 1. The third kappa shape index (κ3) is 3.05. The predicted molar refractivity (Wildman–Crippen MR) is 49.3 cm³/mol. The van der Waals surface area contributed by atoms with Crippen LogP contribution in [0.4, 0.5) is 0 Å². The summed E-state index contributed by atoms with van der Waals surface area (Å²) >= 11 is 1.59. The second-order valence-corrected chi connectivity index (χ2v) is 3.63. The van der Waals surface area contributed by atoms with E-state index in [1.807, 2.05) is 30.7 Å². The van der Waals surface area contributed by atoms with Crippen LogP contribution in [-0.2, 0) is 16.0 Å². The van der Waals surface area contributed by atoms with Gasteiger partial charge in [-0.2, -0.15) is 11.3 Å². The van der Waals surface area contributed by atoms with Gasteiger partial charge in [-0.3, -0.25) is 4.79 Å². The van der Waals surface area contributed by atoms with Crippen molar-refractivity contribution in [2.75, 3.05) is 0 Å². The van der Waals surface area contributed by atoms with Crippen LogP contribution in [0.25, 0.3) is 0 Å². The van der Waals surface area contributed by atoms with E-state index in [-0.39, 0.29) is 12.1 Å². The van der Waals surface area contributed by atoms with E-state index in [0.717, 1.165) is 5.56 Å². The van der Waals surface area contributed by atoms with Gasteiger partial charge in [0.15, 0.2) is 0 Å². The van der Waals surface area contributed by atoms with Crippen LogP contribution in [0.2, 0.25) is 0 Å². The molecule has 2 nitrogen and oxygen atoms in total. The number of rotatable bonds is 3. The van der Waals surface area contributed by atoms with Crippen molar-refractivity contribution in [1.82, 2.24) is 0 Å². The zero-order chi connectivity index (χ0) is 8.97. The molecular weight excluding hydrogens is 172 g/mol. The molecule has 0 aliphatic carbocycles. The van der Waals surface area contributed by atoms with Crippen molar-refractivity contribution in [2.45, 2.75) is 26.4 Å². The molecule has 1 heterocycles. The van der Waals surface area contributed by atoms with Crippen LogP contribution in [0, 0.1) is 0 Å². The van der Waals surface area contributed by atoms with Gasteiger partial charge in [-0.25, -0.2) is 0 Å². The van der Waals surface area contributed by atoms with Gasteiger partial charge in [-0.1, -0.05) is 0 Å². The van der Waals surface area contributed by atoms with Crippen LogP contribution in [0.3, 0.4) is 0 Å². The highest BCUT2D eigenvalue weighted by Crippen LogP contribution is 2.07. The molecule has 0 spiro atoms. The average molecular weight is 184 g/mol. The summed E-state index contributed by atoms with van der Waals surface area (Å²) in [5.74, 6) is -0.150. The number of carbonyl (C=O) groups is 1. The predicted octanol–water partition coefficient (Wildman–Crippen LogP) is 2.24. The quantitative estimate of drug-likeness (QED) is 0.673. The molecular formula is C9H12O2S. The lowest BCUT2D eigenvalue weighted by atomic mass is 10.2. The maximum absolute atomic E-state index is 11.1. The first-order valence-corrected chi connectivity index (χ1v) is 4.83. The minimum Gasteiger partial charge on any atom is -0.463 e. The fourth-order valence-corrected chi connectivity index (χ4v) is 1.53. The van der Waals surface area contributed by atoms with Crippen molar-refractivity contribution in [3.8, 4) is 0 Å². The van der Waals surface area contributed by atoms with Crippen molar-refractivity contribution in [3.63, 3.8) is 0 Å². The van der Waals surface area contributed by atoms with Crippen molar-refractivity contribution in [1.29, 1.82) is 0 Å². The van der Waals surface area contributed by atoms with Gasteiger partial charge in [0.05, 0.1) is 12.5 Å². The highest BCUT2D eigenvalue weighted by Gasteiger charge is 2.06. The number of hydrogen-bond acceptors (Lipinski definition) is 3. The highest BCUT2D eigenvalue weighted by atomic mass is 32.1. The first-order valence-electron chi connectivity index (χ1n) is 3.89. The molecule has 0 amide bonds. The number of carbonyl (C=O) groups excluding carboxylic acids is 1. The Morgan fingerprint density at radius 3 is 2.92 bits per heavy atom. The molecule has 0 aliphatic rings. The number of esters is 1. The summed E-state index contributed by atoms with van der Waals surface area (Å²) in [4.78, 5) is 11.1. The summed E-state index contributed by atoms with van der Waals surface area (Å²) in [7, 11) is 0. The highest BCUT2D eigenvalue weighted by molar-refractivity contribution is 7.07. The zero-order valence-corrected chi connectivity index (χ0v) is 8.06. The van der Waals surface area contributed by atoms with Crippen LogP contribution in [0.5, 0.6) is 0 Å². The van der Waals surface area contributed by atoms with Gasteiger partial charge in [0.1, 0.15) is 0 Å². The molecule has 0 bridgehead atoms. The second kappa shape index (κ2) is 4.26. The normalized spacial score (nSPS) is 10.2. The summed E-state index contributed by atoms with van der Waals surface area (Å²) in [6.45, 7) is 3.71. The van der Waals surface area contributed by atoms with Crippen molar-refractivity contribution >= 4 is 17.3 Å². The minimum atomic E-state index is -0.150. The molecule has 0 N–H and O–H groups in total. The van der Waals surface area contributed by atoms with Crippen LogP contribution >= 0.6 is 11.3 Å². The van der Waals surface area contributed by atoms with Gasteiger partial charge in [0.2, 0.25) is 0 Å². The maximum atomic E-state index is 11.1. The molecule has 0 aliphatic heterocycles. The standard InChI is InChI=1S/C9H12O2S/c1-7(2)11-9(10)5-8-3-4-12-6-8/h3-4,6-7H,5H2,1-2H3. The SMILES string of the molecule is CC(C)OC(=O)Cc1ccsc1. The van der Waals surface area contributed by atoms with E-state index in [2.05, 4.69) is 0 Å². The Morgan fingerprint density at radius 1 is 1.67 bits per heavy atom. The fourth-order valence-electron chi connectivity index (χ4n) is 0.864. The van der Waals surface area contributed by atoms with Crippen molar-refractivity contribution in [3.05, 3.63) is 22.4 Å². The largest absolute Gasteiger partial charge is 0.463 e. The topological polar surface area (TPSA) is 26.3 Å². The lowest BCUT2D eigenvalue weighted by Crippen LogP contribution is -2.13. The molecule has 0 radical (unpaired) electrons. The molecule has 0 aromatic carbocycles. The Morgan fingerprint density at radius 2 is 2.42 bits per heavy atom. The van der Waals surface area contributed by atoms with Crippen molar-refractivity contribution < 1.29 is 9.53 Å². The average Bonchev–Trinajstić information content (AvgIpc) is 2.37. The van der Waals surface area contributed by atoms with Gasteiger partial charge >= 0.3 is 5.97 Å². The van der Waals surface area contributed by atoms with Crippen molar-refractivity contribution in [2.24, 2.45) is 0 Å². The fraction of sp³-hybridized carbons (Fsp3) is 0.444. The number of hydrogen-bond donors (Lipinski definition) is 0. The summed E-state index contributed by atoms with van der Waals surface area (Å²) in [5.41, 5.74) is 1.03. The molecule has 0 unspecified atom stereocenters. The molecule has 0 saturated carbocycles. The first-order chi connectivity index (χ1) is 5.68. The van der Waals surface area contributed by atoms with E-state index in [0.29, 0.717) is 6.42 Å². The third-order valence-electron chi connectivity index (χ3n) is 1.30. The van der Waals surface area contributed by atoms with E-state index in [1.165, 1.54) is 0 Å². The molecule has 66 valence electrons. The van der Waals surface area contributed by atoms with E-state index >= 15 is 0 Å². The summed E-state index contributed by atoms with van der Waals surface area (Å²) < 4.78 is 4.99. The Balaban J connectivity index is 2.37. The van der Waals surface area contributed by atoms with E-state index in [4.69, 9.17) is 4.74 Å². The molecule has 1 rings (SSSR count). The van der Waals surface area contributed by atoms with Gasteiger partial charge in [-0.05, 0) is 36.2 Å². The van der Waals surface area contributed by atoms with E-state index in [1.54, 1.807) is 11.3 Å². The monoisotopic (exact) mass is 184 g/mol. The Labute approximate surface area is 76.2 Å². The summed E-state index contributed by atoms with van der Waals surface area (Å²) in [6, 6.07) is 1.94. The molecule has 0 fully saturated rings. The Hall–Kier alpha value is -0.830. The second-order valence-electron chi connectivity index (χ2n) is 2.85. The molecule has 1 aromatic rings. The summed E-state index contributed by atoms with van der Waals surface area (Å²) in [6.07, 6.45) is 0.373. The number of ether oxygens (including phenoxy) is 1. The zero-order valence-electron chi connectivity index (χ0n) is 7.24. The van der Waals surface area contributed by atoms with Gasteiger partial charge < -0.3 is 4.74 Å². The van der Waals surface area contributed by atoms with Gasteiger partial charge in [0, 0.05) is 0 Å². The smallest absolute Gasteiger partial charge is 0.310 e. The van der Waals surface area contributed by atoms with Gasteiger partial charge in [-0.15, -0.1) is 0 Å². The molecule has 0 saturated heterocycles. The lowest BCUT2D eigenvalue weighted by molar-refractivity contribution is -0.146. The first kappa shape index (κ1) is 9.26. The lowest BCUT2D eigenvalue weighted by Gasteiger charge is -2.06. The Kier molecular flexibility index (Phi) is 3.29. The minimum absolute atomic E-state index is 0.0175. The molecule has 0 atom stereocenters. The maximum Gasteiger partial charge on any atom is 0.310 e. The molecule has 12 heavy (non-hydrogen) atoms. The molecule has 1 aromatic heterocycles. The Bertz CT molecular complexity index is 239.